The average Bonchev–Trinajstić information content (AvgIpc) is 2.54. The first-order valence-electron chi connectivity index (χ1n) is 7.78. The van der Waals surface area contributed by atoms with Crippen LogP contribution in [0.3, 0.4) is 0 Å². The van der Waals surface area contributed by atoms with Crippen LogP contribution >= 0.6 is 0 Å². The lowest BCUT2D eigenvalue weighted by Crippen LogP contribution is -2.45. The summed E-state index contributed by atoms with van der Waals surface area (Å²) in [4.78, 5) is 13.9. The average molecular weight is 297 g/mol. The molecule has 1 fully saturated rings. The molecule has 1 N–H and O–H groups in total. The Hall–Kier alpha value is -2.14. The van der Waals surface area contributed by atoms with Gasteiger partial charge in [-0.15, -0.1) is 0 Å². The molecule has 1 aromatic carbocycles. The molecule has 0 aliphatic carbocycles. The zero-order valence-corrected chi connectivity index (χ0v) is 13.3. The number of nitrogens with one attached hydrogen (secondary N) is 1. The Morgan fingerprint density at radius 2 is 1.77 bits per heavy atom. The molecule has 0 amide bonds. The van der Waals surface area contributed by atoms with E-state index in [0.29, 0.717) is 0 Å². The minimum Gasteiger partial charge on any atom is -0.366 e. The molecule has 5 nitrogen and oxygen atoms in total. The topological polar surface area (TPSA) is 44.3 Å². The van der Waals surface area contributed by atoms with Gasteiger partial charge in [-0.3, -0.25) is 0 Å². The van der Waals surface area contributed by atoms with E-state index in [1.807, 2.05) is 19.1 Å². The monoisotopic (exact) mass is 297 g/mol. The molecule has 5 heteroatoms. The number of hydrogen-bond acceptors (Lipinski definition) is 5. The van der Waals surface area contributed by atoms with Crippen molar-refractivity contribution in [2.24, 2.45) is 0 Å². The van der Waals surface area contributed by atoms with Crippen molar-refractivity contribution in [3.63, 3.8) is 0 Å². The van der Waals surface area contributed by atoms with Crippen LogP contribution in [0.2, 0.25) is 0 Å². The summed E-state index contributed by atoms with van der Waals surface area (Å²) in [5.74, 6) is 1.73. The van der Waals surface area contributed by atoms with Crippen LogP contribution in [-0.2, 0) is 6.54 Å². The van der Waals surface area contributed by atoms with Crippen LogP contribution in [0.15, 0.2) is 36.4 Å². The van der Waals surface area contributed by atoms with E-state index in [1.54, 1.807) is 0 Å². The molecule has 0 atom stereocenters. The maximum atomic E-state index is 4.68. The first-order valence-corrected chi connectivity index (χ1v) is 7.78. The van der Waals surface area contributed by atoms with Gasteiger partial charge in [0.05, 0.1) is 0 Å². The van der Waals surface area contributed by atoms with Crippen molar-refractivity contribution < 1.29 is 0 Å². The Labute approximate surface area is 132 Å². The summed E-state index contributed by atoms with van der Waals surface area (Å²) in [7, 11) is 2.15. The van der Waals surface area contributed by atoms with E-state index in [9.17, 15) is 0 Å². The highest BCUT2D eigenvalue weighted by atomic mass is 15.3. The largest absolute Gasteiger partial charge is 0.366 e. The Bertz CT molecular complexity index is 606. The van der Waals surface area contributed by atoms with Crippen LogP contribution in [0.1, 0.15) is 11.3 Å². The van der Waals surface area contributed by atoms with E-state index in [0.717, 1.165) is 50.2 Å². The van der Waals surface area contributed by atoms with E-state index >= 15 is 0 Å². The van der Waals surface area contributed by atoms with Gasteiger partial charge >= 0.3 is 0 Å². The van der Waals surface area contributed by atoms with Gasteiger partial charge in [0.25, 0.3) is 0 Å². The quantitative estimate of drug-likeness (QED) is 0.937. The minimum absolute atomic E-state index is 0.777. The van der Waals surface area contributed by atoms with Gasteiger partial charge in [0, 0.05) is 44.5 Å². The molecule has 3 rings (SSSR count). The molecule has 1 aliphatic heterocycles. The number of aryl methyl sites for hydroxylation is 1. The van der Waals surface area contributed by atoms with Crippen molar-refractivity contribution >= 4 is 11.8 Å². The zero-order chi connectivity index (χ0) is 15.4. The highest BCUT2D eigenvalue weighted by molar-refractivity contribution is 5.44. The number of benzene rings is 1. The van der Waals surface area contributed by atoms with Crippen LogP contribution in [-0.4, -0.2) is 48.1 Å². The smallest absolute Gasteiger partial charge is 0.227 e. The van der Waals surface area contributed by atoms with Gasteiger partial charge in [-0.1, -0.05) is 30.3 Å². The molecular weight excluding hydrogens is 274 g/mol. The molecule has 2 heterocycles. The molecule has 1 saturated heterocycles. The highest BCUT2D eigenvalue weighted by Crippen LogP contribution is 2.16. The van der Waals surface area contributed by atoms with Gasteiger partial charge in [0.2, 0.25) is 5.95 Å². The maximum Gasteiger partial charge on any atom is 0.227 e. The normalized spacial score (nSPS) is 15.8. The van der Waals surface area contributed by atoms with Crippen molar-refractivity contribution in [2.45, 2.75) is 13.5 Å². The highest BCUT2D eigenvalue weighted by Gasteiger charge is 2.17. The molecule has 0 spiro atoms. The second-order valence-electron chi connectivity index (χ2n) is 5.82. The van der Waals surface area contributed by atoms with Crippen molar-refractivity contribution in [3.8, 4) is 0 Å². The number of anilines is 2. The van der Waals surface area contributed by atoms with Gasteiger partial charge in [-0.25, -0.2) is 4.98 Å². The SMILES string of the molecule is Cc1cc(NCc2ccccc2)nc(N2CCN(C)CC2)n1. The van der Waals surface area contributed by atoms with Gasteiger partial charge in [0.15, 0.2) is 0 Å². The van der Waals surface area contributed by atoms with E-state index in [2.05, 4.69) is 56.4 Å². The standard InChI is InChI=1S/C17H23N5/c1-14-12-16(18-13-15-6-4-3-5-7-15)20-17(19-14)22-10-8-21(2)9-11-22/h3-7,12H,8-11,13H2,1-2H3,(H,18,19,20). The molecule has 1 aliphatic rings. The second kappa shape index (κ2) is 6.75. The lowest BCUT2D eigenvalue weighted by atomic mass is 10.2. The summed E-state index contributed by atoms with van der Waals surface area (Å²) >= 11 is 0. The van der Waals surface area contributed by atoms with Gasteiger partial charge in [0.1, 0.15) is 5.82 Å². The molecular formula is C17H23N5. The third-order valence-electron chi connectivity index (χ3n) is 3.94. The summed E-state index contributed by atoms with van der Waals surface area (Å²) in [6.45, 7) is 6.89. The van der Waals surface area contributed by atoms with Gasteiger partial charge in [-0.2, -0.15) is 4.98 Å². The summed E-state index contributed by atoms with van der Waals surface area (Å²) in [5, 5.41) is 3.40. The van der Waals surface area contributed by atoms with E-state index in [1.165, 1.54) is 5.56 Å². The van der Waals surface area contributed by atoms with E-state index in [-0.39, 0.29) is 0 Å². The van der Waals surface area contributed by atoms with Crippen molar-refractivity contribution in [2.75, 3.05) is 43.4 Å². The lowest BCUT2D eigenvalue weighted by Gasteiger charge is -2.32. The number of rotatable bonds is 4. The first-order chi connectivity index (χ1) is 10.7. The fourth-order valence-electron chi connectivity index (χ4n) is 2.58. The summed E-state index contributed by atoms with van der Waals surface area (Å²) in [6, 6.07) is 12.4. The van der Waals surface area contributed by atoms with E-state index in [4.69, 9.17) is 0 Å². The van der Waals surface area contributed by atoms with Crippen molar-refractivity contribution in [1.82, 2.24) is 14.9 Å². The number of hydrogen-bond donors (Lipinski definition) is 1. The van der Waals surface area contributed by atoms with Crippen molar-refractivity contribution in [1.29, 1.82) is 0 Å². The van der Waals surface area contributed by atoms with Gasteiger partial charge in [-0.05, 0) is 19.5 Å². The Kier molecular flexibility index (Phi) is 4.53. The summed E-state index contributed by atoms with van der Waals surface area (Å²) in [6.07, 6.45) is 0. The lowest BCUT2D eigenvalue weighted by molar-refractivity contribution is 0.311. The molecule has 22 heavy (non-hydrogen) atoms. The predicted octanol–water partition coefficient (Wildman–Crippen LogP) is 2.15. The third kappa shape index (κ3) is 3.74. The Morgan fingerprint density at radius 3 is 2.50 bits per heavy atom. The Balaban J connectivity index is 1.70. The minimum atomic E-state index is 0.777. The van der Waals surface area contributed by atoms with Crippen LogP contribution in [0.5, 0.6) is 0 Å². The first kappa shape index (κ1) is 14.8. The molecule has 0 unspecified atom stereocenters. The summed E-state index contributed by atoms with van der Waals surface area (Å²) < 4.78 is 0. The summed E-state index contributed by atoms with van der Waals surface area (Å²) in [5.41, 5.74) is 2.25. The molecule has 116 valence electrons. The van der Waals surface area contributed by atoms with Gasteiger partial charge < -0.3 is 15.1 Å². The third-order valence-corrected chi connectivity index (χ3v) is 3.94. The predicted molar refractivity (Wildman–Crippen MR) is 90.2 cm³/mol. The number of nitrogens with zero attached hydrogens (tertiary/aromatic N) is 4. The number of likely N-dealkylation sites (N-methyl/N-ethyl adjacent to an activating group) is 1. The fraction of sp³-hybridized carbons (Fsp3) is 0.412. The molecule has 0 radical (unpaired) electrons. The second-order valence-corrected chi connectivity index (χ2v) is 5.82. The fourth-order valence-corrected chi connectivity index (χ4v) is 2.58. The zero-order valence-electron chi connectivity index (χ0n) is 13.3. The molecule has 0 saturated carbocycles. The number of aromatic nitrogens is 2. The van der Waals surface area contributed by atoms with Crippen molar-refractivity contribution in [3.05, 3.63) is 47.7 Å². The van der Waals surface area contributed by atoms with Crippen LogP contribution < -0.4 is 10.2 Å². The van der Waals surface area contributed by atoms with Crippen LogP contribution in [0.4, 0.5) is 11.8 Å². The Morgan fingerprint density at radius 1 is 1.05 bits per heavy atom. The van der Waals surface area contributed by atoms with Crippen LogP contribution in [0.25, 0.3) is 0 Å². The maximum absolute atomic E-state index is 4.68. The molecule has 1 aromatic heterocycles. The van der Waals surface area contributed by atoms with E-state index < -0.39 is 0 Å². The van der Waals surface area contributed by atoms with Crippen LogP contribution in [0, 0.1) is 6.92 Å². The molecule has 2 aromatic rings. The molecule has 0 bridgehead atoms. The number of piperazine rings is 1.